The molecule has 0 aliphatic carbocycles. The Morgan fingerprint density at radius 3 is 2.76 bits per heavy atom. The summed E-state index contributed by atoms with van der Waals surface area (Å²) in [6.07, 6.45) is 5.35. The van der Waals surface area contributed by atoms with Crippen LogP contribution in [0.5, 0.6) is 0 Å². The van der Waals surface area contributed by atoms with Crippen molar-refractivity contribution >= 4 is 43.2 Å². The first-order chi connectivity index (χ1) is 7.88. The van der Waals surface area contributed by atoms with Crippen molar-refractivity contribution in [1.29, 1.82) is 0 Å². The summed E-state index contributed by atoms with van der Waals surface area (Å²) in [5, 5.41) is 0.253. The van der Waals surface area contributed by atoms with E-state index in [9.17, 15) is 8.42 Å². The number of nitrogens with two attached hydrogens (primary N) is 1. The van der Waals surface area contributed by atoms with Gasteiger partial charge in [-0.2, -0.15) is 0 Å². The van der Waals surface area contributed by atoms with Gasteiger partial charge < -0.3 is 5.73 Å². The normalized spacial score (nSPS) is 11.1. The first-order valence-corrected chi connectivity index (χ1v) is 7.21. The molecule has 0 aliphatic rings. The Kier molecular flexibility index (Phi) is 4.83. The lowest BCUT2D eigenvalue weighted by Crippen LogP contribution is -2.25. The minimum atomic E-state index is -3.67. The molecular formula is C10H10BrClN2O2S. The lowest BCUT2D eigenvalue weighted by molar-refractivity contribution is 0.582. The average molecular weight is 338 g/mol. The minimum absolute atomic E-state index is 0.000443. The van der Waals surface area contributed by atoms with E-state index in [-0.39, 0.29) is 26.6 Å². The molecule has 0 fully saturated rings. The fourth-order valence-corrected chi connectivity index (χ4v) is 3.44. The number of nitrogens with one attached hydrogen (secondary N) is 1. The van der Waals surface area contributed by atoms with Crippen LogP contribution in [0.3, 0.4) is 0 Å². The van der Waals surface area contributed by atoms with Gasteiger partial charge in [-0.05, 0) is 28.1 Å². The highest BCUT2D eigenvalue weighted by molar-refractivity contribution is 9.10. The van der Waals surface area contributed by atoms with Crippen LogP contribution in [0.1, 0.15) is 6.42 Å². The van der Waals surface area contributed by atoms with Crippen molar-refractivity contribution < 1.29 is 8.42 Å². The third-order valence-corrected chi connectivity index (χ3v) is 4.73. The first-order valence-electron chi connectivity index (χ1n) is 4.56. The molecule has 1 aromatic rings. The lowest BCUT2D eigenvalue weighted by Gasteiger charge is -2.09. The smallest absolute Gasteiger partial charge is 0.241 e. The van der Waals surface area contributed by atoms with E-state index in [2.05, 4.69) is 26.6 Å². The van der Waals surface area contributed by atoms with E-state index in [4.69, 9.17) is 23.8 Å². The number of anilines is 1. The van der Waals surface area contributed by atoms with Crippen LogP contribution in [0.2, 0.25) is 5.02 Å². The Balaban J connectivity index is 3.12. The second kappa shape index (κ2) is 5.74. The zero-order chi connectivity index (χ0) is 13.1. The van der Waals surface area contributed by atoms with Crippen LogP contribution < -0.4 is 10.5 Å². The predicted octanol–water partition coefficient (Wildman–Crippen LogP) is 1.99. The molecule has 3 N–H and O–H groups in total. The van der Waals surface area contributed by atoms with E-state index in [0.717, 1.165) is 0 Å². The van der Waals surface area contributed by atoms with Gasteiger partial charge in [0, 0.05) is 23.7 Å². The van der Waals surface area contributed by atoms with E-state index in [1.807, 2.05) is 0 Å². The first kappa shape index (κ1) is 14.3. The fraction of sp³-hybridized carbons (Fsp3) is 0.200. The molecule has 0 aromatic heterocycles. The SMILES string of the molecule is C#CCCNS(=O)(=O)c1cc(Cl)cc(N)c1Br. The molecule has 0 amide bonds. The van der Waals surface area contributed by atoms with Gasteiger partial charge in [0.2, 0.25) is 10.0 Å². The number of halogens is 2. The molecule has 0 heterocycles. The van der Waals surface area contributed by atoms with Gasteiger partial charge in [-0.1, -0.05) is 11.6 Å². The molecule has 7 heteroatoms. The van der Waals surface area contributed by atoms with Crippen LogP contribution in [-0.2, 0) is 10.0 Å². The molecule has 1 aromatic carbocycles. The van der Waals surface area contributed by atoms with Gasteiger partial charge in [0.15, 0.2) is 0 Å². The highest BCUT2D eigenvalue weighted by Gasteiger charge is 2.19. The molecule has 0 atom stereocenters. The second-order valence-electron chi connectivity index (χ2n) is 3.16. The van der Waals surface area contributed by atoms with Gasteiger partial charge in [-0.3, -0.25) is 0 Å². The van der Waals surface area contributed by atoms with Gasteiger partial charge in [0.05, 0.1) is 9.37 Å². The Morgan fingerprint density at radius 2 is 2.18 bits per heavy atom. The highest BCUT2D eigenvalue weighted by Crippen LogP contribution is 2.31. The van der Waals surface area contributed by atoms with E-state index in [1.165, 1.54) is 12.1 Å². The molecule has 0 saturated carbocycles. The Bertz CT molecular complexity index is 566. The summed E-state index contributed by atoms with van der Waals surface area (Å²) in [5.41, 5.74) is 5.88. The van der Waals surface area contributed by atoms with Gasteiger partial charge >= 0.3 is 0 Å². The maximum atomic E-state index is 11.9. The van der Waals surface area contributed by atoms with Gasteiger partial charge in [-0.25, -0.2) is 13.1 Å². The minimum Gasteiger partial charge on any atom is -0.398 e. The quantitative estimate of drug-likeness (QED) is 0.501. The summed E-state index contributed by atoms with van der Waals surface area (Å²) in [6.45, 7) is 0.164. The summed E-state index contributed by atoms with van der Waals surface area (Å²) < 4.78 is 26.5. The largest absolute Gasteiger partial charge is 0.398 e. The van der Waals surface area contributed by atoms with Crippen molar-refractivity contribution in [2.24, 2.45) is 0 Å². The number of hydrogen-bond donors (Lipinski definition) is 2. The second-order valence-corrected chi connectivity index (χ2v) is 6.12. The molecule has 92 valence electrons. The molecule has 1 rings (SSSR count). The summed E-state index contributed by atoms with van der Waals surface area (Å²) >= 11 is 8.88. The van der Waals surface area contributed by atoms with Gasteiger partial charge in [0.1, 0.15) is 0 Å². The molecule has 0 saturated heterocycles. The van der Waals surface area contributed by atoms with Crippen molar-refractivity contribution in [1.82, 2.24) is 4.72 Å². The van der Waals surface area contributed by atoms with Crippen LogP contribution in [-0.4, -0.2) is 15.0 Å². The molecule has 0 radical (unpaired) electrons. The van der Waals surface area contributed by atoms with E-state index < -0.39 is 10.0 Å². The Hall–Kier alpha value is -0.740. The third-order valence-electron chi connectivity index (χ3n) is 1.88. The standard InChI is InChI=1S/C10H10BrClN2O2S/c1-2-3-4-14-17(15,16)9-6-7(12)5-8(13)10(9)11/h1,5-6,14H,3-4,13H2. The van der Waals surface area contributed by atoms with Gasteiger partial charge in [-0.15, -0.1) is 12.3 Å². The number of benzene rings is 1. The highest BCUT2D eigenvalue weighted by atomic mass is 79.9. The van der Waals surface area contributed by atoms with Crippen LogP contribution in [0.4, 0.5) is 5.69 Å². The summed E-state index contributed by atoms with van der Waals surface area (Å²) in [4.78, 5) is -0.000443. The van der Waals surface area contributed by atoms with E-state index in [1.54, 1.807) is 0 Å². The van der Waals surface area contributed by atoms with Gasteiger partial charge in [0.25, 0.3) is 0 Å². The number of terminal acetylenes is 1. The van der Waals surface area contributed by atoms with Crippen LogP contribution in [0, 0.1) is 12.3 Å². The summed E-state index contributed by atoms with van der Waals surface area (Å²) in [5.74, 6) is 2.34. The molecule has 17 heavy (non-hydrogen) atoms. The maximum Gasteiger partial charge on any atom is 0.241 e. The lowest BCUT2D eigenvalue weighted by atomic mass is 10.3. The number of sulfonamides is 1. The van der Waals surface area contributed by atoms with Crippen LogP contribution in [0.15, 0.2) is 21.5 Å². The van der Waals surface area contributed by atoms with Crippen molar-refractivity contribution in [3.63, 3.8) is 0 Å². The van der Waals surface area contributed by atoms with Crippen molar-refractivity contribution in [2.75, 3.05) is 12.3 Å². The topological polar surface area (TPSA) is 72.2 Å². The van der Waals surface area contributed by atoms with E-state index in [0.29, 0.717) is 6.42 Å². The monoisotopic (exact) mass is 336 g/mol. The third kappa shape index (κ3) is 3.61. The maximum absolute atomic E-state index is 11.9. The summed E-state index contributed by atoms with van der Waals surface area (Å²) in [7, 11) is -3.67. The molecule has 4 nitrogen and oxygen atoms in total. The number of nitrogen functional groups attached to an aromatic ring is 1. The predicted molar refractivity (Wildman–Crippen MR) is 72.2 cm³/mol. The Labute approximate surface area is 114 Å². The molecule has 0 aliphatic heterocycles. The number of rotatable bonds is 4. The molecular weight excluding hydrogens is 328 g/mol. The average Bonchev–Trinajstić information content (AvgIpc) is 2.23. The number of hydrogen-bond acceptors (Lipinski definition) is 3. The van der Waals surface area contributed by atoms with Crippen molar-refractivity contribution in [2.45, 2.75) is 11.3 Å². The fourth-order valence-electron chi connectivity index (χ4n) is 1.12. The Morgan fingerprint density at radius 1 is 1.53 bits per heavy atom. The van der Waals surface area contributed by atoms with Crippen LogP contribution >= 0.6 is 27.5 Å². The van der Waals surface area contributed by atoms with Crippen molar-refractivity contribution in [3.8, 4) is 12.3 Å². The molecule has 0 spiro atoms. The van der Waals surface area contributed by atoms with Crippen LogP contribution in [0.25, 0.3) is 0 Å². The molecule has 0 bridgehead atoms. The van der Waals surface area contributed by atoms with Crippen molar-refractivity contribution in [3.05, 3.63) is 21.6 Å². The van der Waals surface area contributed by atoms with E-state index >= 15 is 0 Å². The zero-order valence-corrected chi connectivity index (χ0v) is 11.9. The zero-order valence-electron chi connectivity index (χ0n) is 8.70. The summed E-state index contributed by atoms with van der Waals surface area (Å²) in [6, 6.07) is 2.78. The molecule has 0 unspecified atom stereocenters.